The minimum atomic E-state index is -0.150. The van der Waals surface area contributed by atoms with E-state index in [1.165, 1.54) is 0 Å². The fraction of sp³-hybridized carbons (Fsp3) is 0.444. The molecule has 0 saturated heterocycles. The first-order valence-electron chi connectivity index (χ1n) is 8.54. The van der Waals surface area contributed by atoms with Gasteiger partial charge in [-0.25, -0.2) is 9.97 Å². The Bertz CT molecular complexity index is 744. The summed E-state index contributed by atoms with van der Waals surface area (Å²) in [5, 5.41) is 17.3. The zero-order valence-electron chi connectivity index (χ0n) is 13.4. The van der Waals surface area contributed by atoms with Crippen LogP contribution >= 0.6 is 11.6 Å². The molecule has 5 nitrogen and oxygen atoms in total. The van der Waals surface area contributed by atoms with E-state index in [1.54, 1.807) is 0 Å². The SMILES string of the molecule is O[C@H]1CC[C@H](Nc2nc(-c3cccc(Cl)c3)nc3c2CCN3)CC1. The molecule has 2 aliphatic rings. The minimum absolute atomic E-state index is 0.150. The fourth-order valence-corrected chi connectivity index (χ4v) is 3.65. The van der Waals surface area contributed by atoms with Gasteiger partial charge in [0.1, 0.15) is 11.6 Å². The van der Waals surface area contributed by atoms with Crippen LogP contribution in [0, 0.1) is 0 Å². The Labute approximate surface area is 146 Å². The van der Waals surface area contributed by atoms with Gasteiger partial charge < -0.3 is 15.7 Å². The van der Waals surface area contributed by atoms with E-state index in [0.29, 0.717) is 16.9 Å². The van der Waals surface area contributed by atoms with Crippen LogP contribution in [-0.2, 0) is 6.42 Å². The summed E-state index contributed by atoms with van der Waals surface area (Å²) < 4.78 is 0. The Morgan fingerprint density at radius 1 is 1.17 bits per heavy atom. The van der Waals surface area contributed by atoms with E-state index in [4.69, 9.17) is 16.6 Å². The van der Waals surface area contributed by atoms with Crippen molar-refractivity contribution in [3.05, 3.63) is 34.9 Å². The zero-order valence-corrected chi connectivity index (χ0v) is 14.2. The van der Waals surface area contributed by atoms with Crippen LogP contribution in [0.3, 0.4) is 0 Å². The molecule has 1 aliphatic heterocycles. The van der Waals surface area contributed by atoms with Gasteiger partial charge in [-0.3, -0.25) is 0 Å². The quantitative estimate of drug-likeness (QED) is 0.795. The van der Waals surface area contributed by atoms with Crippen LogP contribution in [0.2, 0.25) is 5.02 Å². The molecule has 2 heterocycles. The molecular weight excluding hydrogens is 324 g/mol. The number of anilines is 2. The second-order valence-electron chi connectivity index (χ2n) is 6.56. The van der Waals surface area contributed by atoms with Crippen LogP contribution in [0.1, 0.15) is 31.2 Å². The molecule has 1 aromatic heterocycles. The Morgan fingerprint density at radius 2 is 2.00 bits per heavy atom. The summed E-state index contributed by atoms with van der Waals surface area (Å²) >= 11 is 6.11. The van der Waals surface area contributed by atoms with E-state index in [0.717, 1.165) is 61.4 Å². The Balaban J connectivity index is 1.66. The molecule has 2 aromatic rings. The number of rotatable bonds is 3. The van der Waals surface area contributed by atoms with Crippen LogP contribution in [0.25, 0.3) is 11.4 Å². The molecule has 1 saturated carbocycles. The van der Waals surface area contributed by atoms with Gasteiger partial charge in [-0.1, -0.05) is 23.7 Å². The molecule has 4 rings (SSSR count). The summed E-state index contributed by atoms with van der Waals surface area (Å²) in [4.78, 5) is 9.46. The molecule has 0 amide bonds. The minimum Gasteiger partial charge on any atom is -0.393 e. The Morgan fingerprint density at radius 3 is 2.79 bits per heavy atom. The number of nitrogens with zero attached hydrogens (tertiary/aromatic N) is 2. The van der Waals surface area contributed by atoms with E-state index in [2.05, 4.69) is 15.6 Å². The first-order chi connectivity index (χ1) is 11.7. The molecule has 1 aromatic carbocycles. The van der Waals surface area contributed by atoms with Crippen LogP contribution < -0.4 is 10.6 Å². The van der Waals surface area contributed by atoms with E-state index in [1.807, 2.05) is 24.3 Å². The van der Waals surface area contributed by atoms with Crippen molar-refractivity contribution in [3.8, 4) is 11.4 Å². The standard InChI is InChI=1S/C18H21ClN4O/c19-12-3-1-2-11(10-12)16-22-17-15(8-9-20-17)18(23-16)21-13-4-6-14(24)7-5-13/h1-3,10,13-14,24H,4-9H2,(H2,20,21,22,23)/t13-,14-. The van der Waals surface area contributed by atoms with Gasteiger partial charge in [0.05, 0.1) is 6.10 Å². The highest BCUT2D eigenvalue weighted by Gasteiger charge is 2.24. The third-order valence-corrected chi connectivity index (χ3v) is 5.03. The molecule has 6 heteroatoms. The van der Waals surface area contributed by atoms with Crippen LogP contribution in [0.15, 0.2) is 24.3 Å². The maximum atomic E-state index is 9.69. The lowest BCUT2D eigenvalue weighted by atomic mass is 9.93. The van der Waals surface area contributed by atoms with Gasteiger partial charge in [0, 0.05) is 28.7 Å². The molecule has 0 bridgehead atoms. The summed E-state index contributed by atoms with van der Waals surface area (Å²) in [6.07, 6.45) is 4.43. The first kappa shape index (κ1) is 15.7. The summed E-state index contributed by atoms with van der Waals surface area (Å²) in [7, 11) is 0. The van der Waals surface area contributed by atoms with Gasteiger partial charge >= 0.3 is 0 Å². The molecule has 1 fully saturated rings. The summed E-state index contributed by atoms with van der Waals surface area (Å²) in [5.74, 6) is 2.52. The molecule has 0 radical (unpaired) electrons. The topological polar surface area (TPSA) is 70.1 Å². The van der Waals surface area contributed by atoms with Gasteiger partial charge in [0.2, 0.25) is 0 Å². The van der Waals surface area contributed by atoms with Crippen molar-refractivity contribution in [2.45, 2.75) is 44.2 Å². The highest BCUT2D eigenvalue weighted by atomic mass is 35.5. The van der Waals surface area contributed by atoms with Crippen molar-refractivity contribution in [3.63, 3.8) is 0 Å². The molecule has 3 N–H and O–H groups in total. The van der Waals surface area contributed by atoms with Gasteiger partial charge in [-0.05, 0) is 44.2 Å². The molecule has 0 spiro atoms. The molecule has 24 heavy (non-hydrogen) atoms. The normalized spacial score (nSPS) is 22.8. The van der Waals surface area contributed by atoms with Gasteiger partial charge in [-0.15, -0.1) is 0 Å². The highest BCUT2D eigenvalue weighted by molar-refractivity contribution is 6.30. The average molecular weight is 345 g/mol. The van der Waals surface area contributed by atoms with Crippen molar-refractivity contribution >= 4 is 23.2 Å². The maximum Gasteiger partial charge on any atom is 0.163 e. The van der Waals surface area contributed by atoms with E-state index >= 15 is 0 Å². The largest absolute Gasteiger partial charge is 0.393 e. The van der Waals surface area contributed by atoms with Crippen molar-refractivity contribution in [2.75, 3.05) is 17.2 Å². The number of benzene rings is 1. The van der Waals surface area contributed by atoms with Crippen molar-refractivity contribution in [1.82, 2.24) is 9.97 Å². The number of hydrogen-bond acceptors (Lipinski definition) is 5. The lowest BCUT2D eigenvalue weighted by molar-refractivity contribution is 0.126. The summed E-state index contributed by atoms with van der Waals surface area (Å²) in [6.45, 7) is 0.890. The molecule has 0 unspecified atom stereocenters. The molecule has 0 atom stereocenters. The van der Waals surface area contributed by atoms with Crippen molar-refractivity contribution in [1.29, 1.82) is 0 Å². The number of nitrogens with one attached hydrogen (secondary N) is 2. The second-order valence-corrected chi connectivity index (χ2v) is 7.00. The number of fused-ring (bicyclic) bond motifs is 1. The smallest absolute Gasteiger partial charge is 0.163 e. The lowest BCUT2D eigenvalue weighted by Gasteiger charge is -2.27. The monoisotopic (exact) mass is 344 g/mol. The lowest BCUT2D eigenvalue weighted by Crippen LogP contribution is -2.29. The van der Waals surface area contributed by atoms with E-state index < -0.39 is 0 Å². The summed E-state index contributed by atoms with van der Waals surface area (Å²) in [6, 6.07) is 7.99. The highest BCUT2D eigenvalue weighted by Crippen LogP contribution is 2.32. The average Bonchev–Trinajstić information content (AvgIpc) is 3.06. The number of aliphatic hydroxyl groups is 1. The summed E-state index contributed by atoms with van der Waals surface area (Å²) in [5.41, 5.74) is 2.08. The van der Waals surface area contributed by atoms with Crippen LogP contribution in [-0.4, -0.2) is 33.8 Å². The molecule has 1 aliphatic carbocycles. The first-order valence-corrected chi connectivity index (χ1v) is 8.92. The Hall–Kier alpha value is -1.85. The fourth-order valence-electron chi connectivity index (χ4n) is 3.46. The van der Waals surface area contributed by atoms with Gasteiger partial charge in [-0.2, -0.15) is 0 Å². The van der Waals surface area contributed by atoms with Crippen molar-refractivity contribution in [2.24, 2.45) is 0 Å². The van der Waals surface area contributed by atoms with Crippen LogP contribution in [0.4, 0.5) is 11.6 Å². The van der Waals surface area contributed by atoms with Gasteiger partial charge in [0.25, 0.3) is 0 Å². The predicted molar refractivity (Wildman–Crippen MR) is 96.6 cm³/mol. The number of halogens is 1. The molecular formula is C18H21ClN4O. The zero-order chi connectivity index (χ0) is 16.5. The number of hydrogen-bond donors (Lipinski definition) is 3. The van der Waals surface area contributed by atoms with E-state index in [9.17, 15) is 5.11 Å². The number of aliphatic hydroxyl groups excluding tert-OH is 1. The maximum absolute atomic E-state index is 9.69. The van der Waals surface area contributed by atoms with E-state index in [-0.39, 0.29) is 6.10 Å². The third kappa shape index (κ3) is 3.19. The second kappa shape index (κ2) is 6.57. The van der Waals surface area contributed by atoms with Gasteiger partial charge in [0.15, 0.2) is 5.82 Å². The van der Waals surface area contributed by atoms with Crippen molar-refractivity contribution < 1.29 is 5.11 Å². The number of aromatic nitrogens is 2. The molecule has 126 valence electrons. The predicted octanol–water partition coefficient (Wildman–Crippen LogP) is 3.48. The third-order valence-electron chi connectivity index (χ3n) is 4.79. The van der Waals surface area contributed by atoms with Crippen LogP contribution in [0.5, 0.6) is 0 Å². The Kier molecular flexibility index (Phi) is 4.29.